The van der Waals surface area contributed by atoms with E-state index in [9.17, 15) is 0 Å². The van der Waals surface area contributed by atoms with E-state index in [0.29, 0.717) is 0 Å². The number of hydrogen-bond donors (Lipinski definition) is 1. The summed E-state index contributed by atoms with van der Waals surface area (Å²) in [5, 5.41) is 8.89. The van der Waals surface area contributed by atoms with Crippen LogP contribution in [0.25, 0.3) is 0 Å². The molecule has 0 aromatic rings. The molecule has 0 aromatic heterocycles. The Kier molecular flexibility index (Phi) is 10.6. The smallest absolute Gasteiger partial charge is 0.550 e. The molecular weight excluding hydrogens is 159 g/mol. The largest absolute Gasteiger partial charge is 1.00 e. The first-order chi connectivity index (χ1) is 4.16. The van der Waals surface area contributed by atoms with Crippen molar-refractivity contribution >= 4 is 18.6 Å². The summed E-state index contributed by atoms with van der Waals surface area (Å²) in [7, 11) is 0. The normalized spacial score (nSPS) is 14.2. The Labute approximate surface area is 89.1 Å². The van der Waals surface area contributed by atoms with E-state index in [0.717, 1.165) is 18.6 Å². The van der Waals surface area contributed by atoms with Crippen LogP contribution in [0.4, 0.5) is 0 Å². The minimum absolute atomic E-state index is 0. The van der Waals surface area contributed by atoms with Crippen molar-refractivity contribution in [3.63, 3.8) is 0 Å². The van der Waals surface area contributed by atoms with Crippen LogP contribution in [0.5, 0.6) is 0 Å². The van der Waals surface area contributed by atoms with Crippen molar-refractivity contribution in [3.05, 3.63) is 0 Å². The minimum Gasteiger partial charge on any atom is -0.550 e. The van der Waals surface area contributed by atoms with Gasteiger partial charge < -0.3 is 9.90 Å². The van der Waals surface area contributed by atoms with Crippen LogP contribution < -0.4 is 34.7 Å². The molecule has 1 fully saturated rings. The summed E-state index contributed by atoms with van der Waals surface area (Å²) in [6.07, 6.45) is 2.87. The molecule has 0 bridgehead atoms. The van der Waals surface area contributed by atoms with Gasteiger partial charge in [0, 0.05) is 5.97 Å². The van der Waals surface area contributed by atoms with Crippen molar-refractivity contribution in [1.29, 1.82) is 0 Å². The van der Waals surface area contributed by atoms with Gasteiger partial charge in [0.05, 0.1) is 0 Å². The third-order valence-corrected chi connectivity index (χ3v) is 1.47. The van der Waals surface area contributed by atoms with E-state index in [-0.39, 0.29) is 29.6 Å². The molecule has 1 aliphatic rings. The van der Waals surface area contributed by atoms with E-state index < -0.39 is 5.97 Å². The number of carbonyl (C=O) groups excluding carboxylic acids is 1. The molecule has 0 unspecified atom stereocenters. The van der Waals surface area contributed by atoms with Gasteiger partial charge >= 0.3 is 29.6 Å². The maximum Gasteiger partial charge on any atom is 1.00 e. The molecule has 0 heterocycles. The summed E-state index contributed by atoms with van der Waals surface area (Å²) < 4.78 is 0. The second-order valence-corrected chi connectivity index (χ2v) is 2.48. The molecule has 0 N–H and O–H groups in total. The molecule has 1 rings (SSSR count). The fourth-order valence-electron chi connectivity index (χ4n) is 0.300. The van der Waals surface area contributed by atoms with Crippen molar-refractivity contribution in [3.8, 4) is 0 Å². The zero-order valence-corrected chi connectivity index (χ0v) is 9.36. The average molecular weight is 170 g/mol. The van der Waals surface area contributed by atoms with Crippen molar-refractivity contribution in [2.45, 2.75) is 19.8 Å². The van der Waals surface area contributed by atoms with Gasteiger partial charge in [-0.1, -0.05) is 0 Å². The summed E-state index contributed by atoms with van der Waals surface area (Å²) in [6, 6.07) is 0. The van der Waals surface area contributed by atoms with Crippen LogP contribution in [-0.2, 0) is 4.79 Å². The van der Waals surface area contributed by atoms with Gasteiger partial charge in [0.15, 0.2) is 0 Å². The van der Waals surface area contributed by atoms with E-state index in [1.165, 1.54) is 12.8 Å². The quantitative estimate of drug-likeness (QED) is 0.338. The molecule has 54 valence electrons. The van der Waals surface area contributed by atoms with Gasteiger partial charge in [0.25, 0.3) is 0 Å². The van der Waals surface area contributed by atoms with E-state index in [2.05, 4.69) is 12.6 Å². The van der Waals surface area contributed by atoms with Crippen LogP contribution in [0, 0.1) is 5.92 Å². The van der Waals surface area contributed by atoms with Crippen molar-refractivity contribution in [1.82, 2.24) is 0 Å². The fraction of sp³-hybridized carbons (Fsp3) is 0.833. The SMILES string of the molecule is CC(=O)[O-].SCC1CC1.[Na+]. The van der Waals surface area contributed by atoms with Gasteiger partial charge in [-0.3, -0.25) is 0 Å². The second kappa shape index (κ2) is 7.92. The Balaban J connectivity index is 0. The number of hydrogen-bond acceptors (Lipinski definition) is 3. The van der Waals surface area contributed by atoms with Gasteiger partial charge in [-0.05, 0) is 31.4 Å². The first kappa shape index (κ1) is 13.4. The van der Waals surface area contributed by atoms with Gasteiger partial charge in [-0.25, -0.2) is 0 Å². The molecule has 4 heteroatoms. The molecule has 0 aromatic carbocycles. The fourth-order valence-corrected chi connectivity index (χ4v) is 0.666. The molecule has 0 amide bonds. The molecule has 1 saturated carbocycles. The maximum absolute atomic E-state index is 8.89. The molecule has 0 spiro atoms. The summed E-state index contributed by atoms with van der Waals surface area (Å²) in [4.78, 5) is 8.89. The number of thiol groups is 1. The number of rotatable bonds is 1. The summed E-state index contributed by atoms with van der Waals surface area (Å²) in [5.74, 6) is 1.03. The number of carbonyl (C=O) groups is 1. The maximum atomic E-state index is 8.89. The average Bonchev–Trinajstić information content (AvgIpc) is 2.43. The van der Waals surface area contributed by atoms with Crippen molar-refractivity contribution < 1.29 is 39.5 Å². The van der Waals surface area contributed by atoms with Crippen LogP contribution >= 0.6 is 12.6 Å². The number of carboxylic acids is 1. The Bertz CT molecular complexity index is 89.7. The van der Waals surface area contributed by atoms with E-state index in [1.807, 2.05) is 0 Å². The standard InChI is InChI=1S/C4H8S.C2H4O2.Na/c5-3-4-1-2-4;1-2(3)4;/h4-5H,1-3H2;1H3,(H,3,4);/q;;+1/p-1. The topological polar surface area (TPSA) is 40.1 Å². The summed E-state index contributed by atoms with van der Waals surface area (Å²) in [5.41, 5.74) is 0. The predicted molar refractivity (Wildman–Crippen MR) is 37.3 cm³/mol. The second-order valence-electron chi connectivity index (χ2n) is 2.12. The Morgan fingerprint density at radius 1 is 1.70 bits per heavy atom. The third kappa shape index (κ3) is 15.9. The molecular formula is C6H11NaO2S. The minimum atomic E-state index is -1.08. The number of carboxylic acid groups (broad SMARTS) is 1. The van der Waals surface area contributed by atoms with Gasteiger partial charge in [-0.2, -0.15) is 12.6 Å². The zero-order valence-electron chi connectivity index (χ0n) is 6.46. The molecule has 0 saturated heterocycles. The van der Waals surface area contributed by atoms with Gasteiger partial charge in [0.1, 0.15) is 0 Å². The Morgan fingerprint density at radius 2 is 2.00 bits per heavy atom. The molecule has 10 heavy (non-hydrogen) atoms. The Hall–Kier alpha value is 0.820. The molecule has 0 radical (unpaired) electrons. The van der Waals surface area contributed by atoms with E-state index in [1.54, 1.807) is 0 Å². The van der Waals surface area contributed by atoms with Crippen molar-refractivity contribution in [2.75, 3.05) is 5.75 Å². The predicted octanol–water partition coefficient (Wildman–Crippen LogP) is -2.91. The molecule has 2 nitrogen and oxygen atoms in total. The Morgan fingerprint density at radius 3 is 2.00 bits per heavy atom. The van der Waals surface area contributed by atoms with Gasteiger partial charge in [0.2, 0.25) is 0 Å². The first-order valence-corrected chi connectivity index (χ1v) is 3.58. The monoisotopic (exact) mass is 170 g/mol. The molecule has 1 aliphatic carbocycles. The zero-order chi connectivity index (χ0) is 7.28. The van der Waals surface area contributed by atoms with Crippen LogP contribution in [0.15, 0.2) is 0 Å². The van der Waals surface area contributed by atoms with Crippen LogP contribution in [0.1, 0.15) is 19.8 Å². The summed E-state index contributed by atoms with van der Waals surface area (Å²) in [6.45, 7) is 0.972. The van der Waals surface area contributed by atoms with Crippen LogP contribution in [-0.4, -0.2) is 11.7 Å². The third-order valence-electron chi connectivity index (χ3n) is 0.955. The van der Waals surface area contributed by atoms with Crippen molar-refractivity contribution in [2.24, 2.45) is 5.92 Å². The van der Waals surface area contributed by atoms with Crippen LogP contribution in [0.2, 0.25) is 0 Å². The number of aliphatic carboxylic acids is 1. The van der Waals surface area contributed by atoms with Crippen LogP contribution in [0.3, 0.4) is 0 Å². The van der Waals surface area contributed by atoms with E-state index in [4.69, 9.17) is 9.90 Å². The molecule has 0 atom stereocenters. The van der Waals surface area contributed by atoms with Gasteiger partial charge in [-0.15, -0.1) is 0 Å². The van der Waals surface area contributed by atoms with E-state index >= 15 is 0 Å². The molecule has 0 aliphatic heterocycles. The first-order valence-electron chi connectivity index (χ1n) is 2.95. The summed E-state index contributed by atoms with van der Waals surface area (Å²) >= 11 is 4.08.